The van der Waals surface area contributed by atoms with Gasteiger partial charge in [0.25, 0.3) is 5.91 Å². The van der Waals surface area contributed by atoms with Gasteiger partial charge in [0.05, 0.1) is 11.3 Å². The third kappa shape index (κ3) is 4.25. The lowest BCUT2D eigenvalue weighted by atomic mass is 10.0. The minimum absolute atomic E-state index is 0.0198. The highest BCUT2D eigenvalue weighted by atomic mass is 35.5. The summed E-state index contributed by atoms with van der Waals surface area (Å²) >= 11 is 5.99. The Hall–Kier alpha value is -4.12. The molecule has 0 radical (unpaired) electrons. The second-order valence-electron chi connectivity index (χ2n) is 6.94. The second-order valence-corrected chi connectivity index (χ2v) is 7.32. The van der Waals surface area contributed by atoms with Crippen molar-refractivity contribution >= 4 is 23.3 Å². The maximum absolute atomic E-state index is 14.9. The van der Waals surface area contributed by atoms with Crippen molar-refractivity contribution in [1.82, 2.24) is 14.8 Å². The van der Waals surface area contributed by atoms with Crippen LogP contribution in [-0.4, -0.2) is 20.7 Å². The number of hydrogen-bond donors (Lipinski definition) is 2. The minimum Gasteiger partial charge on any atom is -0.453 e. The minimum atomic E-state index is -4.98. The SMILES string of the molecule is NC(=O)c1c(-c2ccc(Oc3ccnc(N)c3Cl)c(F)c2)nn(-c2ccccc2)c1C(F)(F)F. The van der Waals surface area contributed by atoms with E-state index in [1.165, 1.54) is 42.6 Å². The smallest absolute Gasteiger partial charge is 0.434 e. The van der Waals surface area contributed by atoms with E-state index in [1.54, 1.807) is 6.07 Å². The Balaban J connectivity index is 1.84. The highest BCUT2D eigenvalue weighted by Gasteiger charge is 2.42. The third-order valence-electron chi connectivity index (χ3n) is 4.71. The van der Waals surface area contributed by atoms with Gasteiger partial charge in [0, 0.05) is 17.8 Å². The molecule has 1 amide bonds. The van der Waals surface area contributed by atoms with Crippen LogP contribution in [0.4, 0.5) is 23.4 Å². The number of pyridine rings is 1. The number of carbonyl (C=O) groups excluding carboxylic acids is 1. The Morgan fingerprint density at radius 2 is 1.76 bits per heavy atom. The topological polar surface area (TPSA) is 109 Å². The summed E-state index contributed by atoms with van der Waals surface area (Å²) in [5.41, 5.74) is 8.09. The lowest BCUT2D eigenvalue weighted by Crippen LogP contribution is -2.21. The van der Waals surface area contributed by atoms with Crippen molar-refractivity contribution in [2.24, 2.45) is 5.73 Å². The molecule has 7 nitrogen and oxygen atoms in total. The second kappa shape index (κ2) is 8.67. The summed E-state index contributed by atoms with van der Waals surface area (Å²) in [4.78, 5) is 15.9. The van der Waals surface area contributed by atoms with Gasteiger partial charge in [-0.25, -0.2) is 14.1 Å². The van der Waals surface area contributed by atoms with Crippen LogP contribution >= 0.6 is 11.6 Å². The molecular formula is C22H14ClF4N5O2. The molecule has 0 bridgehead atoms. The maximum Gasteiger partial charge on any atom is 0.434 e. The fraction of sp³-hybridized carbons (Fsp3) is 0.0455. The van der Waals surface area contributed by atoms with Gasteiger partial charge in [-0.1, -0.05) is 29.8 Å². The van der Waals surface area contributed by atoms with Crippen molar-refractivity contribution in [1.29, 1.82) is 0 Å². The molecule has 12 heteroatoms. The molecule has 0 atom stereocenters. The first-order chi connectivity index (χ1) is 16.1. The number of primary amides is 1. The van der Waals surface area contributed by atoms with Crippen LogP contribution in [-0.2, 0) is 6.18 Å². The van der Waals surface area contributed by atoms with Gasteiger partial charge in [0.15, 0.2) is 23.0 Å². The molecule has 4 rings (SSSR count). The summed E-state index contributed by atoms with van der Waals surface area (Å²) in [5.74, 6) is -2.64. The zero-order valence-corrected chi connectivity index (χ0v) is 17.7. The van der Waals surface area contributed by atoms with Gasteiger partial charge in [-0.05, 0) is 30.3 Å². The first kappa shape index (κ1) is 23.1. The summed E-state index contributed by atoms with van der Waals surface area (Å²) in [6.07, 6.45) is -3.68. The quantitative estimate of drug-likeness (QED) is 0.372. The summed E-state index contributed by atoms with van der Waals surface area (Å²) < 4.78 is 62.7. The predicted octanol–water partition coefficient (Wildman–Crippen LogP) is 5.22. The molecule has 0 saturated heterocycles. The Kier molecular flexibility index (Phi) is 5.88. The molecule has 4 N–H and O–H groups in total. The van der Waals surface area contributed by atoms with Crippen LogP contribution in [0, 0.1) is 5.82 Å². The Morgan fingerprint density at radius 3 is 2.38 bits per heavy atom. The van der Waals surface area contributed by atoms with Crippen molar-refractivity contribution < 1.29 is 27.1 Å². The number of aromatic nitrogens is 3. The largest absolute Gasteiger partial charge is 0.453 e. The van der Waals surface area contributed by atoms with E-state index in [-0.39, 0.29) is 33.6 Å². The van der Waals surface area contributed by atoms with E-state index < -0.39 is 34.9 Å². The number of halogens is 5. The number of nitrogens with two attached hydrogens (primary N) is 2. The van der Waals surface area contributed by atoms with Gasteiger partial charge in [0.1, 0.15) is 16.5 Å². The summed E-state index contributed by atoms with van der Waals surface area (Å²) in [6, 6.07) is 12.0. The number of carbonyl (C=O) groups is 1. The molecule has 0 aliphatic heterocycles. The predicted molar refractivity (Wildman–Crippen MR) is 116 cm³/mol. The molecule has 2 aromatic heterocycles. The lowest BCUT2D eigenvalue weighted by Gasteiger charge is -2.11. The molecule has 0 spiro atoms. The number of hydrogen-bond acceptors (Lipinski definition) is 5. The number of rotatable bonds is 5. The monoisotopic (exact) mass is 491 g/mol. The summed E-state index contributed by atoms with van der Waals surface area (Å²) in [7, 11) is 0. The van der Waals surface area contributed by atoms with E-state index in [2.05, 4.69) is 10.1 Å². The molecule has 0 fully saturated rings. The zero-order valence-electron chi connectivity index (χ0n) is 17.0. The molecule has 4 aromatic rings. The van der Waals surface area contributed by atoms with Gasteiger partial charge in [-0.2, -0.15) is 18.3 Å². The average molecular weight is 492 g/mol. The summed E-state index contributed by atoms with van der Waals surface area (Å²) in [5, 5.41) is 3.92. The first-order valence-electron chi connectivity index (χ1n) is 9.51. The van der Waals surface area contributed by atoms with Gasteiger partial charge in [-0.15, -0.1) is 0 Å². The Bertz CT molecular complexity index is 1390. The van der Waals surface area contributed by atoms with E-state index in [1.807, 2.05) is 0 Å². The number of nitrogen functional groups attached to an aromatic ring is 1. The van der Waals surface area contributed by atoms with E-state index in [0.717, 1.165) is 12.1 Å². The molecule has 2 aromatic carbocycles. The Labute approximate surface area is 194 Å². The van der Waals surface area contributed by atoms with Crippen LogP contribution in [0.3, 0.4) is 0 Å². The van der Waals surface area contributed by atoms with Crippen LogP contribution in [0.25, 0.3) is 16.9 Å². The van der Waals surface area contributed by atoms with Gasteiger partial charge >= 0.3 is 6.18 Å². The first-order valence-corrected chi connectivity index (χ1v) is 9.89. The number of ether oxygens (including phenoxy) is 1. The number of benzene rings is 2. The highest BCUT2D eigenvalue weighted by molar-refractivity contribution is 6.34. The van der Waals surface area contributed by atoms with Crippen molar-refractivity contribution in [3.05, 3.63) is 82.9 Å². The van der Waals surface area contributed by atoms with E-state index in [4.69, 9.17) is 27.8 Å². The zero-order chi connectivity index (χ0) is 24.6. The molecule has 34 heavy (non-hydrogen) atoms. The van der Waals surface area contributed by atoms with E-state index in [0.29, 0.717) is 4.68 Å². The van der Waals surface area contributed by atoms with Crippen LogP contribution in [0.5, 0.6) is 11.5 Å². The van der Waals surface area contributed by atoms with Gasteiger partial charge in [0.2, 0.25) is 0 Å². The highest BCUT2D eigenvalue weighted by Crippen LogP contribution is 2.39. The number of amides is 1. The fourth-order valence-electron chi connectivity index (χ4n) is 3.24. The third-order valence-corrected chi connectivity index (χ3v) is 5.09. The molecule has 0 saturated carbocycles. The Morgan fingerprint density at radius 1 is 1.06 bits per heavy atom. The normalized spacial score (nSPS) is 11.4. The number of nitrogens with zero attached hydrogens (tertiary/aromatic N) is 3. The van der Waals surface area contributed by atoms with E-state index >= 15 is 0 Å². The molecule has 174 valence electrons. The molecular weight excluding hydrogens is 478 g/mol. The molecule has 0 aliphatic carbocycles. The number of anilines is 1. The molecule has 0 unspecified atom stereocenters. The van der Waals surface area contributed by atoms with Crippen molar-refractivity contribution in [3.8, 4) is 28.4 Å². The number of para-hydroxylation sites is 1. The van der Waals surface area contributed by atoms with Crippen LogP contribution < -0.4 is 16.2 Å². The lowest BCUT2D eigenvalue weighted by molar-refractivity contribution is -0.143. The standard InChI is InChI=1S/C22H14ClF4N5O2/c23-17-15(8-9-30-20(17)28)34-14-7-6-11(10-13(14)24)18-16(21(29)33)19(22(25,26)27)32(31-18)12-4-2-1-3-5-12/h1-10H,(H2,28,30)(H2,29,33). The fourth-order valence-corrected chi connectivity index (χ4v) is 3.39. The summed E-state index contributed by atoms with van der Waals surface area (Å²) in [6.45, 7) is 0. The van der Waals surface area contributed by atoms with Gasteiger partial charge < -0.3 is 16.2 Å². The van der Waals surface area contributed by atoms with E-state index in [9.17, 15) is 22.4 Å². The molecule has 0 aliphatic rings. The average Bonchev–Trinajstić information content (AvgIpc) is 3.20. The molecule has 2 heterocycles. The number of alkyl halides is 3. The van der Waals surface area contributed by atoms with Crippen LogP contribution in [0.15, 0.2) is 60.8 Å². The van der Waals surface area contributed by atoms with Crippen molar-refractivity contribution in [3.63, 3.8) is 0 Å². The van der Waals surface area contributed by atoms with Gasteiger partial charge in [-0.3, -0.25) is 4.79 Å². The maximum atomic E-state index is 14.9. The van der Waals surface area contributed by atoms with Crippen LogP contribution in [0.2, 0.25) is 5.02 Å². The van der Waals surface area contributed by atoms with Crippen molar-refractivity contribution in [2.45, 2.75) is 6.18 Å². The van der Waals surface area contributed by atoms with Crippen LogP contribution in [0.1, 0.15) is 16.1 Å². The van der Waals surface area contributed by atoms with Crippen molar-refractivity contribution in [2.75, 3.05) is 5.73 Å².